The van der Waals surface area contributed by atoms with Gasteiger partial charge in [-0.2, -0.15) is 0 Å². The van der Waals surface area contributed by atoms with Crippen LogP contribution in [0.15, 0.2) is 24.3 Å². The van der Waals surface area contributed by atoms with E-state index in [9.17, 15) is 4.79 Å². The van der Waals surface area contributed by atoms with E-state index in [1.807, 2.05) is 32.0 Å². The normalized spacial score (nSPS) is 17.6. The Morgan fingerprint density at radius 3 is 2.75 bits per heavy atom. The smallest absolute Gasteiger partial charge is 0.317 e. The number of hydrogen-bond acceptors (Lipinski definition) is 3. The number of aryl methyl sites for hydroxylation is 1. The molecule has 0 radical (unpaired) electrons. The Kier molecular flexibility index (Phi) is 4.81. The summed E-state index contributed by atoms with van der Waals surface area (Å²) in [6.45, 7) is 4.59. The lowest BCUT2D eigenvalue weighted by molar-refractivity contribution is -0.150. The summed E-state index contributed by atoms with van der Waals surface area (Å²) >= 11 is 0. The zero-order valence-electron chi connectivity index (χ0n) is 12.5. The van der Waals surface area contributed by atoms with E-state index in [1.54, 1.807) is 0 Å². The van der Waals surface area contributed by atoms with Crippen molar-refractivity contribution in [3.63, 3.8) is 0 Å². The molecule has 1 aromatic carbocycles. The van der Waals surface area contributed by atoms with Gasteiger partial charge < -0.3 is 10.5 Å². The lowest BCUT2D eigenvalue weighted by Gasteiger charge is -2.31. The molecule has 0 amide bonds. The van der Waals surface area contributed by atoms with Gasteiger partial charge in [0.15, 0.2) is 0 Å². The Morgan fingerprint density at radius 1 is 1.45 bits per heavy atom. The predicted molar refractivity (Wildman–Crippen MR) is 80.5 cm³/mol. The number of carbonyl (C=O) groups excluding carboxylic acids is 1. The first kappa shape index (κ1) is 15.0. The van der Waals surface area contributed by atoms with E-state index in [2.05, 4.69) is 6.07 Å². The maximum atomic E-state index is 12.5. The molecule has 110 valence electrons. The summed E-state index contributed by atoms with van der Waals surface area (Å²) < 4.78 is 5.33. The molecule has 2 rings (SSSR count). The average Bonchev–Trinajstić information content (AvgIpc) is 3.25. The molecule has 1 fully saturated rings. The summed E-state index contributed by atoms with van der Waals surface area (Å²) in [5, 5.41) is 0. The quantitative estimate of drug-likeness (QED) is 0.778. The van der Waals surface area contributed by atoms with Crippen LogP contribution in [0.25, 0.3) is 0 Å². The maximum Gasteiger partial charge on any atom is 0.317 e. The van der Waals surface area contributed by atoms with Crippen LogP contribution >= 0.6 is 0 Å². The molecule has 0 aliphatic heterocycles. The Balaban J connectivity index is 2.30. The van der Waals surface area contributed by atoms with Crippen LogP contribution in [0.1, 0.15) is 43.7 Å². The highest BCUT2D eigenvalue weighted by Crippen LogP contribution is 2.39. The SMILES string of the molecule is CCOC(=O)C(CN)(CCC1CC1)c1cccc(C)c1. The summed E-state index contributed by atoms with van der Waals surface area (Å²) in [6.07, 6.45) is 4.43. The summed E-state index contributed by atoms with van der Waals surface area (Å²) in [6, 6.07) is 8.10. The molecule has 3 nitrogen and oxygen atoms in total. The number of hydrogen-bond donors (Lipinski definition) is 1. The molecular formula is C17H25NO2. The van der Waals surface area contributed by atoms with Crippen molar-refractivity contribution in [1.29, 1.82) is 0 Å². The Bertz CT molecular complexity index is 468. The van der Waals surface area contributed by atoms with E-state index in [-0.39, 0.29) is 5.97 Å². The zero-order valence-corrected chi connectivity index (χ0v) is 12.5. The van der Waals surface area contributed by atoms with E-state index in [0.29, 0.717) is 13.2 Å². The highest BCUT2D eigenvalue weighted by molar-refractivity contribution is 5.83. The van der Waals surface area contributed by atoms with Gasteiger partial charge in [0.05, 0.1) is 6.61 Å². The number of carbonyl (C=O) groups is 1. The molecule has 0 spiro atoms. The highest BCUT2D eigenvalue weighted by Gasteiger charge is 2.41. The number of esters is 1. The molecule has 1 aromatic rings. The molecule has 1 atom stereocenters. The minimum atomic E-state index is -0.676. The summed E-state index contributed by atoms with van der Waals surface area (Å²) in [5.74, 6) is 0.605. The van der Waals surface area contributed by atoms with Crippen LogP contribution in [0.2, 0.25) is 0 Å². The van der Waals surface area contributed by atoms with Crippen molar-refractivity contribution in [2.24, 2.45) is 11.7 Å². The molecule has 0 aromatic heterocycles. The van der Waals surface area contributed by atoms with Gasteiger partial charge in [-0.3, -0.25) is 4.79 Å². The molecule has 2 N–H and O–H groups in total. The van der Waals surface area contributed by atoms with Gasteiger partial charge in [-0.1, -0.05) is 42.7 Å². The maximum absolute atomic E-state index is 12.5. The van der Waals surface area contributed by atoms with Crippen LogP contribution < -0.4 is 5.73 Å². The largest absolute Gasteiger partial charge is 0.465 e. The van der Waals surface area contributed by atoms with Crippen molar-refractivity contribution in [3.8, 4) is 0 Å². The first-order valence-corrected chi connectivity index (χ1v) is 7.57. The second-order valence-electron chi connectivity index (χ2n) is 5.86. The van der Waals surface area contributed by atoms with Gasteiger partial charge >= 0.3 is 5.97 Å². The summed E-state index contributed by atoms with van der Waals surface area (Å²) in [7, 11) is 0. The Hall–Kier alpha value is -1.35. The third kappa shape index (κ3) is 3.21. The fraction of sp³-hybridized carbons (Fsp3) is 0.588. The van der Waals surface area contributed by atoms with Crippen LogP contribution in [0.4, 0.5) is 0 Å². The molecule has 0 heterocycles. The van der Waals surface area contributed by atoms with Gasteiger partial charge in [0, 0.05) is 6.54 Å². The molecule has 1 aliphatic rings. The van der Waals surface area contributed by atoms with Crippen LogP contribution in [0, 0.1) is 12.8 Å². The third-order valence-corrected chi connectivity index (χ3v) is 4.26. The van der Waals surface area contributed by atoms with Gasteiger partial charge in [-0.25, -0.2) is 0 Å². The van der Waals surface area contributed by atoms with E-state index < -0.39 is 5.41 Å². The number of rotatable bonds is 7. The van der Waals surface area contributed by atoms with Gasteiger partial charge in [-0.05, 0) is 38.2 Å². The number of nitrogens with two attached hydrogens (primary N) is 1. The minimum Gasteiger partial charge on any atom is -0.465 e. The first-order chi connectivity index (χ1) is 9.62. The number of ether oxygens (including phenoxy) is 1. The molecule has 0 bridgehead atoms. The van der Waals surface area contributed by atoms with Gasteiger partial charge in [0.25, 0.3) is 0 Å². The summed E-state index contributed by atoms with van der Waals surface area (Å²) in [4.78, 5) is 12.5. The van der Waals surface area contributed by atoms with Crippen LogP contribution in [0.5, 0.6) is 0 Å². The number of benzene rings is 1. The van der Waals surface area contributed by atoms with Crippen molar-refractivity contribution in [2.75, 3.05) is 13.2 Å². The van der Waals surface area contributed by atoms with E-state index >= 15 is 0 Å². The zero-order chi connectivity index (χ0) is 14.6. The fourth-order valence-corrected chi connectivity index (χ4v) is 2.74. The molecule has 1 unspecified atom stereocenters. The Morgan fingerprint density at radius 2 is 2.20 bits per heavy atom. The van der Waals surface area contributed by atoms with Crippen molar-refractivity contribution < 1.29 is 9.53 Å². The van der Waals surface area contributed by atoms with Gasteiger partial charge in [-0.15, -0.1) is 0 Å². The molecule has 1 saturated carbocycles. The highest BCUT2D eigenvalue weighted by atomic mass is 16.5. The third-order valence-electron chi connectivity index (χ3n) is 4.26. The molecule has 3 heteroatoms. The van der Waals surface area contributed by atoms with Crippen molar-refractivity contribution in [2.45, 2.75) is 44.9 Å². The Labute approximate surface area is 121 Å². The van der Waals surface area contributed by atoms with E-state index in [0.717, 1.165) is 29.9 Å². The van der Waals surface area contributed by atoms with Crippen LogP contribution in [0.3, 0.4) is 0 Å². The monoisotopic (exact) mass is 275 g/mol. The average molecular weight is 275 g/mol. The van der Waals surface area contributed by atoms with Crippen LogP contribution in [-0.2, 0) is 14.9 Å². The second kappa shape index (κ2) is 6.40. The van der Waals surface area contributed by atoms with E-state index in [1.165, 1.54) is 12.8 Å². The predicted octanol–water partition coefficient (Wildman–Crippen LogP) is 2.94. The topological polar surface area (TPSA) is 52.3 Å². The molecule has 20 heavy (non-hydrogen) atoms. The fourth-order valence-electron chi connectivity index (χ4n) is 2.74. The first-order valence-electron chi connectivity index (χ1n) is 7.57. The second-order valence-corrected chi connectivity index (χ2v) is 5.86. The molecular weight excluding hydrogens is 250 g/mol. The lowest BCUT2D eigenvalue weighted by Crippen LogP contribution is -2.44. The van der Waals surface area contributed by atoms with Crippen molar-refractivity contribution in [1.82, 2.24) is 0 Å². The van der Waals surface area contributed by atoms with Gasteiger partial charge in [0.1, 0.15) is 5.41 Å². The van der Waals surface area contributed by atoms with Crippen molar-refractivity contribution in [3.05, 3.63) is 35.4 Å². The molecule has 0 saturated heterocycles. The molecule has 1 aliphatic carbocycles. The lowest BCUT2D eigenvalue weighted by atomic mass is 9.75. The van der Waals surface area contributed by atoms with Crippen molar-refractivity contribution >= 4 is 5.97 Å². The standard InChI is InChI=1S/C17H25NO2/c1-3-20-16(19)17(12-18,10-9-14-7-8-14)15-6-4-5-13(2)11-15/h4-6,11,14H,3,7-10,12,18H2,1-2H3. The van der Waals surface area contributed by atoms with E-state index in [4.69, 9.17) is 10.5 Å². The van der Waals surface area contributed by atoms with Crippen LogP contribution in [-0.4, -0.2) is 19.1 Å². The minimum absolute atomic E-state index is 0.172. The summed E-state index contributed by atoms with van der Waals surface area (Å²) in [5.41, 5.74) is 7.50. The van der Waals surface area contributed by atoms with Gasteiger partial charge in [0.2, 0.25) is 0 Å².